The van der Waals surface area contributed by atoms with Crippen LogP contribution in [0, 0.1) is 6.07 Å². The molecule has 0 spiro atoms. The molecule has 1 rings (SSSR count). The van der Waals surface area contributed by atoms with Gasteiger partial charge in [-0.3, -0.25) is 0 Å². The Bertz CT molecular complexity index is 199. The fraction of sp³-hybridized carbons (Fsp3) is 0.250. The molecule has 4 heteroatoms. The van der Waals surface area contributed by atoms with Gasteiger partial charge >= 0.3 is 23.1 Å². The normalized spacial score (nSPS) is 7.50. The first-order valence-corrected chi connectivity index (χ1v) is 2.96. The summed E-state index contributed by atoms with van der Waals surface area (Å²) in [5.41, 5.74) is 0. The smallest absolute Gasteiger partial charge is 1.00 e. The molecule has 0 aliphatic heterocycles. The van der Waals surface area contributed by atoms with Gasteiger partial charge < -0.3 is 21.9 Å². The molecule has 0 heterocycles. The van der Waals surface area contributed by atoms with E-state index in [0.29, 0.717) is 5.75 Å². The second-order valence-electron chi connectivity index (χ2n) is 1.80. The van der Waals surface area contributed by atoms with Crippen molar-refractivity contribution in [1.29, 1.82) is 0 Å². The maximum Gasteiger partial charge on any atom is 2.00 e. The Morgan fingerprint density at radius 1 is 1.25 bits per heavy atom. The van der Waals surface area contributed by atoms with Crippen LogP contribution in [-0.2, 0) is 0 Å². The maximum atomic E-state index is 4.96. The molecule has 0 amide bonds. The van der Waals surface area contributed by atoms with Crippen molar-refractivity contribution in [3.63, 3.8) is 0 Å². The predicted octanol–water partition coefficient (Wildman–Crippen LogP) is -1.87. The zero-order chi connectivity index (χ0) is 7.40. The molecule has 0 aromatic heterocycles. The fourth-order valence-electron chi connectivity index (χ4n) is 0.670. The molecule has 0 saturated carbocycles. The van der Waals surface area contributed by atoms with Crippen molar-refractivity contribution in [3.05, 3.63) is 24.3 Å². The summed E-state index contributed by atoms with van der Waals surface area (Å²) < 4.78 is 9.88. The second-order valence-corrected chi connectivity index (χ2v) is 1.80. The van der Waals surface area contributed by atoms with Gasteiger partial charge in [-0.1, -0.05) is 6.07 Å². The van der Waals surface area contributed by atoms with Crippen LogP contribution in [0.5, 0.6) is 11.5 Å². The van der Waals surface area contributed by atoms with E-state index in [0.717, 1.165) is 5.75 Å². The van der Waals surface area contributed by atoms with Gasteiger partial charge in [0.2, 0.25) is 0 Å². The summed E-state index contributed by atoms with van der Waals surface area (Å²) in [6.07, 6.45) is 0. The number of rotatable bonds is 2. The van der Waals surface area contributed by atoms with Crippen molar-refractivity contribution in [1.82, 2.24) is 0 Å². The number of hydrogen-bond donors (Lipinski definition) is 0. The van der Waals surface area contributed by atoms with Crippen LogP contribution in [-0.4, -0.2) is 37.3 Å². The Hall–Kier alpha value is -0.124. The van der Waals surface area contributed by atoms with E-state index in [2.05, 4.69) is 6.07 Å². The molecular weight excluding hydrogens is 188 g/mol. The Labute approximate surface area is 94.8 Å². The molecule has 0 radical (unpaired) electrons. The van der Waals surface area contributed by atoms with Gasteiger partial charge in [0.25, 0.3) is 0 Å². The van der Waals surface area contributed by atoms with Gasteiger partial charge in [0.05, 0.1) is 14.2 Å². The minimum atomic E-state index is 0. The van der Waals surface area contributed by atoms with Gasteiger partial charge in [0, 0.05) is 11.5 Å². The molecule has 0 N–H and O–H groups in total. The monoisotopic (exact) mass is 196 g/mol. The molecule has 2 nitrogen and oxygen atoms in total. The minimum Gasteiger partial charge on any atom is -1.00 e. The topological polar surface area (TPSA) is 18.5 Å². The van der Waals surface area contributed by atoms with Gasteiger partial charge in [-0.2, -0.15) is 6.07 Å². The van der Waals surface area contributed by atoms with Crippen molar-refractivity contribution >= 4 is 23.1 Å². The summed E-state index contributed by atoms with van der Waals surface area (Å²) in [6, 6.07) is 8.25. The Morgan fingerprint density at radius 3 is 2.42 bits per heavy atom. The van der Waals surface area contributed by atoms with E-state index in [9.17, 15) is 0 Å². The predicted molar refractivity (Wildman–Crippen MR) is 44.1 cm³/mol. The van der Waals surface area contributed by atoms with Crippen molar-refractivity contribution < 1.29 is 21.9 Å². The van der Waals surface area contributed by atoms with Crippen molar-refractivity contribution in [3.8, 4) is 11.5 Å². The van der Waals surface area contributed by atoms with Crippen LogP contribution in [0.4, 0.5) is 0 Å². The van der Waals surface area contributed by atoms with Crippen LogP contribution >= 0.6 is 0 Å². The standard InChI is InChI=1S/C8H9O2.ClH.Mg/c1-9-7-4-3-5-8(6-7)10-2;;/h3-4,6H,1-2H3;1H;/q-1;;+2/p-1. The number of benzene rings is 1. The van der Waals surface area contributed by atoms with Crippen LogP contribution in [0.2, 0.25) is 0 Å². The molecule has 0 saturated heterocycles. The molecule has 0 unspecified atom stereocenters. The molecule has 0 fully saturated rings. The second kappa shape index (κ2) is 7.52. The Balaban J connectivity index is 0. The molecule has 1 aromatic carbocycles. The van der Waals surface area contributed by atoms with Gasteiger partial charge in [0.15, 0.2) is 0 Å². The van der Waals surface area contributed by atoms with Gasteiger partial charge in [0.1, 0.15) is 0 Å². The average Bonchev–Trinajstić information content (AvgIpc) is 2.05. The minimum absolute atomic E-state index is 0. The number of halogens is 1. The van der Waals surface area contributed by atoms with Crippen molar-refractivity contribution in [2.75, 3.05) is 14.2 Å². The fourth-order valence-corrected chi connectivity index (χ4v) is 0.670. The first-order chi connectivity index (χ1) is 4.86. The number of ether oxygens (including phenoxy) is 2. The first-order valence-electron chi connectivity index (χ1n) is 2.96. The molecule has 1 aromatic rings. The Morgan fingerprint density at radius 2 is 1.92 bits per heavy atom. The SMILES string of the molecule is COc1[c-]ccc(OC)c1.[Cl-].[Mg+2]. The van der Waals surface area contributed by atoms with E-state index in [1.165, 1.54) is 0 Å². The third-order valence-electron chi connectivity index (χ3n) is 1.20. The largest absolute Gasteiger partial charge is 2.00 e. The van der Waals surface area contributed by atoms with Gasteiger partial charge in [-0.25, -0.2) is 0 Å². The van der Waals surface area contributed by atoms with Gasteiger partial charge in [-0.05, 0) is 0 Å². The molecular formula is C8H9ClMgO2. The van der Waals surface area contributed by atoms with Gasteiger partial charge in [-0.15, -0.1) is 12.1 Å². The quantitative estimate of drug-likeness (QED) is 0.408. The van der Waals surface area contributed by atoms with E-state index in [1.807, 2.05) is 6.07 Å². The maximum absolute atomic E-state index is 4.96. The molecule has 0 aliphatic carbocycles. The van der Waals surface area contributed by atoms with Crippen LogP contribution in [0.3, 0.4) is 0 Å². The molecule has 62 valence electrons. The Kier molecular flexibility index (Phi) is 9.03. The zero-order valence-corrected chi connectivity index (χ0v) is 9.30. The summed E-state index contributed by atoms with van der Waals surface area (Å²) in [5, 5.41) is 0. The van der Waals surface area contributed by atoms with E-state index >= 15 is 0 Å². The zero-order valence-electron chi connectivity index (χ0n) is 7.13. The van der Waals surface area contributed by atoms with Crippen LogP contribution < -0.4 is 21.9 Å². The number of hydrogen-bond acceptors (Lipinski definition) is 2. The van der Waals surface area contributed by atoms with Crippen LogP contribution in [0.25, 0.3) is 0 Å². The molecule has 0 bridgehead atoms. The summed E-state index contributed by atoms with van der Waals surface area (Å²) in [4.78, 5) is 0. The summed E-state index contributed by atoms with van der Waals surface area (Å²) >= 11 is 0. The van der Waals surface area contributed by atoms with E-state index in [-0.39, 0.29) is 35.5 Å². The summed E-state index contributed by atoms with van der Waals surface area (Å²) in [5.74, 6) is 1.48. The molecule has 12 heavy (non-hydrogen) atoms. The summed E-state index contributed by atoms with van der Waals surface area (Å²) in [6.45, 7) is 0. The third-order valence-corrected chi connectivity index (χ3v) is 1.20. The van der Waals surface area contributed by atoms with Crippen LogP contribution in [0.1, 0.15) is 0 Å². The third kappa shape index (κ3) is 4.04. The molecule has 0 atom stereocenters. The van der Waals surface area contributed by atoms with E-state index in [4.69, 9.17) is 9.47 Å². The first kappa shape index (κ1) is 14.4. The average molecular weight is 197 g/mol. The summed E-state index contributed by atoms with van der Waals surface area (Å²) in [7, 11) is 3.22. The van der Waals surface area contributed by atoms with Crippen molar-refractivity contribution in [2.45, 2.75) is 0 Å². The molecule has 0 aliphatic rings. The van der Waals surface area contributed by atoms with E-state index in [1.54, 1.807) is 26.4 Å². The van der Waals surface area contributed by atoms with Crippen LogP contribution in [0.15, 0.2) is 18.2 Å². The number of methoxy groups -OCH3 is 2. The van der Waals surface area contributed by atoms with E-state index < -0.39 is 0 Å². The van der Waals surface area contributed by atoms with Crippen molar-refractivity contribution in [2.24, 2.45) is 0 Å².